The molecule has 0 rings (SSSR count). The summed E-state index contributed by atoms with van der Waals surface area (Å²) < 4.78 is 5.50. The molecular formula is C82H163NO5. The topological polar surface area (TPSA) is 95.9 Å². The van der Waals surface area contributed by atoms with Crippen LogP contribution in [0.25, 0.3) is 0 Å². The predicted molar refractivity (Wildman–Crippen MR) is 389 cm³/mol. The largest absolute Gasteiger partial charge is 0.466 e. The second kappa shape index (κ2) is 78.3. The van der Waals surface area contributed by atoms with Gasteiger partial charge in [-0.2, -0.15) is 0 Å². The molecule has 0 saturated heterocycles. The molecule has 0 aliphatic rings. The lowest BCUT2D eigenvalue weighted by molar-refractivity contribution is -0.143. The van der Waals surface area contributed by atoms with Gasteiger partial charge in [0.1, 0.15) is 0 Å². The Morgan fingerprint density at radius 2 is 0.466 bits per heavy atom. The molecule has 0 aromatic carbocycles. The highest BCUT2D eigenvalue weighted by Gasteiger charge is 2.20. The number of nitrogens with one attached hydrogen (secondary N) is 1. The average Bonchev–Trinajstić information content (AvgIpc) is 3.53. The third-order valence-corrected chi connectivity index (χ3v) is 19.9. The van der Waals surface area contributed by atoms with E-state index in [1.54, 1.807) is 0 Å². The molecule has 0 aliphatic carbocycles. The smallest absolute Gasteiger partial charge is 0.305 e. The lowest BCUT2D eigenvalue weighted by Crippen LogP contribution is -2.45. The molecule has 2 unspecified atom stereocenters. The van der Waals surface area contributed by atoms with Gasteiger partial charge in [-0.05, 0) is 25.7 Å². The highest BCUT2D eigenvalue weighted by Crippen LogP contribution is 2.21. The Hall–Kier alpha value is -1.14. The molecule has 0 heterocycles. The Balaban J connectivity index is 3.28. The molecule has 526 valence electrons. The van der Waals surface area contributed by atoms with Crippen LogP contribution in [0.4, 0.5) is 0 Å². The third kappa shape index (κ3) is 73.9. The van der Waals surface area contributed by atoms with Crippen molar-refractivity contribution in [3.63, 3.8) is 0 Å². The zero-order valence-corrected chi connectivity index (χ0v) is 60.5. The molecule has 1 amide bonds. The molecule has 0 aromatic rings. The summed E-state index contributed by atoms with van der Waals surface area (Å²) in [5.41, 5.74) is 0. The Morgan fingerprint density at radius 3 is 0.693 bits per heavy atom. The van der Waals surface area contributed by atoms with E-state index in [2.05, 4.69) is 19.2 Å². The van der Waals surface area contributed by atoms with Crippen LogP contribution in [0.1, 0.15) is 489 Å². The molecule has 0 fully saturated rings. The van der Waals surface area contributed by atoms with Gasteiger partial charge in [-0.15, -0.1) is 0 Å². The minimum atomic E-state index is -0.660. The van der Waals surface area contributed by atoms with E-state index >= 15 is 0 Å². The van der Waals surface area contributed by atoms with Gasteiger partial charge < -0.3 is 20.3 Å². The summed E-state index contributed by atoms with van der Waals surface area (Å²) in [6, 6.07) is -0.536. The summed E-state index contributed by atoms with van der Waals surface area (Å²) in [5, 5.41) is 23.4. The predicted octanol–water partition coefficient (Wildman–Crippen LogP) is 27.3. The average molecular weight is 1240 g/mol. The molecule has 2 atom stereocenters. The molecule has 0 saturated carbocycles. The molecule has 0 aromatic heterocycles. The van der Waals surface area contributed by atoms with E-state index in [1.807, 2.05) is 0 Å². The van der Waals surface area contributed by atoms with Crippen molar-refractivity contribution in [1.82, 2.24) is 5.32 Å². The molecule has 0 aliphatic heterocycles. The fourth-order valence-electron chi connectivity index (χ4n) is 13.6. The van der Waals surface area contributed by atoms with Gasteiger partial charge >= 0.3 is 5.97 Å². The number of hydrogen-bond donors (Lipinski definition) is 3. The number of aliphatic hydroxyl groups is 2. The first-order valence-corrected chi connectivity index (χ1v) is 41.3. The molecule has 0 radical (unpaired) electrons. The summed E-state index contributed by atoms with van der Waals surface area (Å²) in [7, 11) is 0. The molecule has 0 bridgehead atoms. The Kier molecular flexibility index (Phi) is 77.3. The van der Waals surface area contributed by atoms with Gasteiger partial charge in [0.25, 0.3) is 0 Å². The third-order valence-electron chi connectivity index (χ3n) is 19.9. The fourth-order valence-corrected chi connectivity index (χ4v) is 13.6. The number of esters is 1. The molecular weight excluding hydrogens is 1080 g/mol. The molecule has 6 nitrogen and oxygen atoms in total. The van der Waals surface area contributed by atoms with Crippen molar-refractivity contribution in [3.05, 3.63) is 0 Å². The molecule has 88 heavy (non-hydrogen) atoms. The number of carbonyl (C=O) groups is 2. The van der Waals surface area contributed by atoms with E-state index in [0.717, 1.165) is 38.5 Å². The van der Waals surface area contributed by atoms with Crippen LogP contribution in [0.5, 0.6) is 0 Å². The maximum absolute atomic E-state index is 12.6. The van der Waals surface area contributed by atoms with Crippen LogP contribution in [0.2, 0.25) is 0 Å². The Bertz CT molecular complexity index is 1290. The number of aliphatic hydroxyl groups excluding tert-OH is 2. The monoisotopic (exact) mass is 1240 g/mol. The van der Waals surface area contributed by atoms with Gasteiger partial charge in [-0.3, -0.25) is 9.59 Å². The van der Waals surface area contributed by atoms with Crippen LogP contribution in [-0.2, 0) is 14.3 Å². The zero-order valence-electron chi connectivity index (χ0n) is 60.5. The lowest BCUT2D eigenvalue weighted by atomic mass is 10.0. The summed E-state index contributed by atoms with van der Waals surface area (Å²) >= 11 is 0. The van der Waals surface area contributed by atoms with Gasteiger partial charge in [-0.1, -0.05) is 450 Å². The van der Waals surface area contributed by atoms with Crippen molar-refractivity contribution in [2.75, 3.05) is 13.2 Å². The van der Waals surface area contributed by atoms with Gasteiger partial charge in [-0.25, -0.2) is 0 Å². The SMILES string of the molecule is CCCCCCCCCCCCCCCCCCCCCC(O)C(CO)NC(=O)CCCCCCCCCCCCCCCCCCCCCCCCCCCCCCCCCCCCCCCCCOC(=O)CCCCCCCCCCCCCCC. The van der Waals surface area contributed by atoms with Crippen molar-refractivity contribution in [2.24, 2.45) is 0 Å². The van der Waals surface area contributed by atoms with E-state index < -0.39 is 12.1 Å². The number of amides is 1. The van der Waals surface area contributed by atoms with E-state index in [9.17, 15) is 19.8 Å². The van der Waals surface area contributed by atoms with Gasteiger partial charge in [0.05, 0.1) is 25.4 Å². The summed E-state index contributed by atoms with van der Waals surface area (Å²) in [5.74, 6) is 0.00389. The highest BCUT2D eigenvalue weighted by molar-refractivity contribution is 5.76. The van der Waals surface area contributed by atoms with Crippen LogP contribution in [0.3, 0.4) is 0 Å². The molecule has 6 heteroatoms. The first-order valence-electron chi connectivity index (χ1n) is 41.3. The van der Waals surface area contributed by atoms with E-state index in [0.29, 0.717) is 25.9 Å². The summed E-state index contributed by atoms with van der Waals surface area (Å²) in [4.78, 5) is 24.6. The van der Waals surface area contributed by atoms with E-state index in [1.165, 1.54) is 417 Å². The van der Waals surface area contributed by atoms with Crippen LogP contribution in [-0.4, -0.2) is 47.4 Å². The van der Waals surface area contributed by atoms with Crippen LogP contribution in [0, 0.1) is 0 Å². The van der Waals surface area contributed by atoms with Gasteiger partial charge in [0.2, 0.25) is 5.91 Å². The van der Waals surface area contributed by atoms with Crippen LogP contribution >= 0.6 is 0 Å². The minimum absolute atomic E-state index is 0.0231. The summed E-state index contributed by atoms with van der Waals surface area (Å²) in [6.07, 6.45) is 98.0. The highest BCUT2D eigenvalue weighted by atomic mass is 16.5. The van der Waals surface area contributed by atoms with Crippen LogP contribution in [0.15, 0.2) is 0 Å². The van der Waals surface area contributed by atoms with E-state index in [4.69, 9.17) is 4.74 Å². The van der Waals surface area contributed by atoms with Gasteiger partial charge in [0.15, 0.2) is 0 Å². The molecule has 0 spiro atoms. The summed E-state index contributed by atoms with van der Waals surface area (Å²) in [6.45, 7) is 5.02. The van der Waals surface area contributed by atoms with Crippen molar-refractivity contribution in [2.45, 2.75) is 501 Å². The number of rotatable bonds is 79. The number of ether oxygens (including phenoxy) is 1. The van der Waals surface area contributed by atoms with Crippen molar-refractivity contribution in [3.8, 4) is 0 Å². The molecule has 3 N–H and O–H groups in total. The Morgan fingerprint density at radius 1 is 0.273 bits per heavy atom. The number of hydrogen-bond acceptors (Lipinski definition) is 5. The maximum atomic E-state index is 12.6. The first-order chi connectivity index (χ1) is 43.5. The Labute approximate surface area is 553 Å². The zero-order chi connectivity index (χ0) is 63.5. The minimum Gasteiger partial charge on any atom is -0.466 e. The normalized spacial score (nSPS) is 12.4. The fraction of sp³-hybridized carbons (Fsp3) is 0.976. The number of carbonyl (C=O) groups excluding carboxylic acids is 2. The van der Waals surface area contributed by atoms with E-state index in [-0.39, 0.29) is 18.5 Å². The van der Waals surface area contributed by atoms with Gasteiger partial charge in [0, 0.05) is 12.8 Å². The lowest BCUT2D eigenvalue weighted by Gasteiger charge is -2.22. The quantitative estimate of drug-likeness (QED) is 0.0417. The standard InChI is InChI=1S/C82H163NO5/c1-3-5-7-9-11-13-15-17-18-19-41-44-47-51-54-58-62-66-70-74-80(85)79(78-84)83-81(86)75-71-67-63-59-55-52-48-45-42-39-37-35-33-31-29-27-25-23-21-20-22-24-26-28-30-32-34-36-38-40-43-46-49-53-57-61-65-69-73-77-88-82(87)76-72-68-64-60-56-50-16-14-12-10-8-6-4-2/h79-80,84-85H,3-78H2,1-2H3,(H,83,86). The van der Waals surface area contributed by atoms with Crippen molar-refractivity contribution < 1.29 is 24.5 Å². The first kappa shape index (κ1) is 86.9. The second-order valence-corrected chi connectivity index (χ2v) is 28.8. The van der Waals surface area contributed by atoms with Crippen molar-refractivity contribution in [1.29, 1.82) is 0 Å². The maximum Gasteiger partial charge on any atom is 0.305 e. The number of unbranched alkanes of at least 4 members (excludes halogenated alkanes) is 68. The van der Waals surface area contributed by atoms with Crippen molar-refractivity contribution >= 4 is 11.9 Å². The second-order valence-electron chi connectivity index (χ2n) is 28.8. The van der Waals surface area contributed by atoms with Crippen LogP contribution < -0.4 is 5.32 Å².